The Morgan fingerprint density at radius 2 is 2.27 bits per heavy atom. The molecule has 1 aromatic heterocycles. The van der Waals surface area contributed by atoms with Gasteiger partial charge < -0.3 is 4.74 Å². The van der Waals surface area contributed by atoms with Crippen LogP contribution in [0.25, 0.3) is 10.1 Å². The number of rotatable bonds is 5. The van der Waals surface area contributed by atoms with Crippen LogP contribution in [0.5, 0.6) is 0 Å². The van der Waals surface area contributed by atoms with Crippen molar-refractivity contribution in [2.24, 2.45) is 0 Å². The van der Waals surface area contributed by atoms with Gasteiger partial charge in [-0.05, 0) is 17.6 Å². The highest BCUT2D eigenvalue weighted by atomic mass is 32.2. The molecule has 1 aromatic carbocycles. The minimum absolute atomic E-state index is 0.812. The van der Waals surface area contributed by atoms with Crippen LogP contribution in [0.1, 0.15) is 5.69 Å². The number of hydrogen-bond donors (Lipinski definition) is 0. The van der Waals surface area contributed by atoms with Gasteiger partial charge in [0.25, 0.3) is 0 Å². The molecule has 80 valence electrons. The molecule has 0 aliphatic heterocycles. The summed E-state index contributed by atoms with van der Waals surface area (Å²) in [4.78, 5) is 0. The second kappa shape index (κ2) is 5.49. The molecular weight excluding hydrogens is 226 g/mol. The predicted molar refractivity (Wildman–Crippen MR) is 67.7 cm³/mol. The van der Waals surface area contributed by atoms with Crippen LogP contribution in [0.15, 0.2) is 24.3 Å². The molecule has 0 aliphatic carbocycles. The van der Waals surface area contributed by atoms with Crippen LogP contribution in [-0.4, -0.2) is 23.8 Å². The van der Waals surface area contributed by atoms with Crippen LogP contribution in [0.3, 0.4) is 0 Å². The molecule has 0 radical (unpaired) electrons. The monoisotopic (exact) mass is 239 g/mol. The maximum atomic E-state index is 5.01. The molecule has 0 atom stereocenters. The molecule has 2 aromatic rings. The molecule has 0 N–H and O–H groups in total. The van der Waals surface area contributed by atoms with Crippen molar-refractivity contribution in [1.82, 2.24) is 4.37 Å². The molecule has 0 saturated heterocycles. The molecule has 0 unspecified atom stereocenters. The van der Waals surface area contributed by atoms with Crippen LogP contribution in [-0.2, 0) is 10.5 Å². The largest absolute Gasteiger partial charge is 0.384 e. The van der Waals surface area contributed by atoms with Gasteiger partial charge >= 0.3 is 0 Å². The van der Waals surface area contributed by atoms with Crippen LogP contribution in [0.4, 0.5) is 0 Å². The summed E-state index contributed by atoms with van der Waals surface area (Å²) in [7, 11) is 1.73. The number of fused-ring (bicyclic) bond motifs is 1. The lowest BCUT2D eigenvalue weighted by Crippen LogP contribution is -1.92. The van der Waals surface area contributed by atoms with Gasteiger partial charge in [-0.25, -0.2) is 0 Å². The van der Waals surface area contributed by atoms with Crippen LogP contribution >= 0.6 is 23.3 Å². The number of hydrogen-bond acceptors (Lipinski definition) is 4. The van der Waals surface area contributed by atoms with E-state index in [1.165, 1.54) is 15.8 Å². The molecular formula is C11H13NOS2. The first-order valence-electron chi connectivity index (χ1n) is 4.82. The summed E-state index contributed by atoms with van der Waals surface area (Å²) in [6.07, 6.45) is 0. The average Bonchev–Trinajstić information content (AvgIpc) is 2.68. The molecule has 0 fully saturated rings. The zero-order valence-electron chi connectivity index (χ0n) is 8.60. The normalized spacial score (nSPS) is 11.0. The second-order valence-electron chi connectivity index (χ2n) is 3.17. The third-order valence-corrected chi connectivity index (χ3v) is 3.92. The summed E-state index contributed by atoms with van der Waals surface area (Å²) in [5, 5.41) is 1.30. The second-order valence-corrected chi connectivity index (χ2v) is 5.08. The highest BCUT2D eigenvalue weighted by molar-refractivity contribution is 7.98. The molecule has 0 aliphatic rings. The van der Waals surface area contributed by atoms with E-state index in [0.29, 0.717) is 0 Å². The zero-order chi connectivity index (χ0) is 10.5. The van der Waals surface area contributed by atoms with Crippen molar-refractivity contribution in [2.75, 3.05) is 19.5 Å². The summed E-state index contributed by atoms with van der Waals surface area (Å²) in [5.74, 6) is 2.01. The molecule has 0 spiro atoms. The minimum Gasteiger partial charge on any atom is -0.384 e. The van der Waals surface area contributed by atoms with Gasteiger partial charge in [-0.1, -0.05) is 18.2 Å². The van der Waals surface area contributed by atoms with Crippen molar-refractivity contribution in [3.05, 3.63) is 30.0 Å². The standard InChI is InChI=1S/C11H13NOS2/c1-13-6-7-14-8-10-9-4-2-3-5-11(9)15-12-10/h2-5H,6-8H2,1H3. The van der Waals surface area contributed by atoms with Gasteiger partial charge in [-0.2, -0.15) is 16.1 Å². The summed E-state index contributed by atoms with van der Waals surface area (Å²) < 4.78 is 10.8. The molecule has 0 amide bonds. The van der Waals surface area contributed by atoms with E-state index in [4.69, 9.17) is 4.74 Å². The van der Waals surface area contributed by atoms with Crippen molar-refractivity contribution < 1.29 is 4.74 Å². The minimum atomic E-state index is 0.812. The number of aromatic nitrogens is 1. The third kappa shape index (κ3) is 2.71. The molecule has 2 nitrogen and oxygen atoms in total. The van der Waals surface area contributed by atoms with E-state index < -0.39 is 0 Å². The van der Waals surface area contributed by atoms with E-state index in [1.807, 2.05) is 11.8 Å². The van der Waals surface area contributed by atoms with Crippen LogP contribution < -0.4 is 0 Å². The Hall–Kier alpha value is -0.580. The molecule has 0 bridgehead atoms. The fourth-order valence-electron chi connectivity index (χ4n) is 1.35. The summed E-state index contributed by atoms with van der Waals surface area (Å²) in [6, 6.07) is 8.39. The Balaban J connectivity index is 2.02. The van der Waals surface area contributed by atoms with E-state index >= 15 is 0 Å². The summed E-state index contributed by atoms with van der Waals surface area (Å²) in [6.45, 7) is 0.812. The number of methoxy groups -OCH3 is 1. The zero-order valence-corrected chi connectivity index (χ0v) is 10.2. The smallest absolute Gasteiger partial charge is 0.0719 e. The maximum Gasteiger partial charge on any atom is 0.0719 e. The van der Waals surface area contributed by atoms with Crippen molar-refractivity contribution in [1.29, 1.82) is 0 Å². The van der Waals surface area contributed by atoms with Crippen molar-refractivity contribution >= 4 is 33.4 Å². The molecule has 4 heteroatoms. The fourth-order valence-corrected chi connectivity index (χ4v) is 3.07. The van der Waals surface area contributed by atoms with E-state index in [2.05, 4.69) is 28.6 Å². The maximum absolute atomic E-state index is 5.01. The third-order valence-electron chi connectivity index (χ3n) is 2.12. The van der Waals surface area contributed by atoms with Crippen LogP contribution in [0, 0.1) is 0 Å². The highest BCUT2D eigenvalue weighted by Crippen LogP contribution is 2.25. The number of ether oxygens (including phenoxy) is 1. The fraction of sp³-hybridized carbons (Fsp3) is 0.364. The van der Waals surface area contributed by atoms with Crippen molar-refractivity contribution in [3.8, 4) is 0 Å². The summed E-state index contributed by atoms with van der Waals surface area (Å²) in [5.41, 5.74) is 1.21. The molecule has 0 saturated carbocycles. The lowest BCUT2D eigenvalue weighted by molar-refractivity contribution is 0.218. The Morgan fingerprint density at radius 1 is 1.40 bits per heavy atom. The number of nitrogens with zero attached hydrogens (tertiary/aromatic N) is 1. The first-order valence-corrected chi connectivity index (χ1v) is 6.74. The van der Waals surface area contributed by atoms with Crippen molar-refractivity contribution in [3.63, 3.8) is 0 Å². The number of thioether (sulfide) groups is 1. The number of benzene rings is 1. The Bertz CT molecular complexity index is 427. The van der Waals surface area contributed by atoms with Gasteiger partial charge in [0, 0.05) is 24.0 Å². The molecule has 1 heterocycles. The topological polar surface area (TPSA) is 22.1 Å². The molecule has 2 rings (SSSR count). The highest BCUT2D eigenvalue weighted by Gasteiger charge is 2.04. The van der Waals surface area contributed by atoms with Gasteiger partial charge in [0.05, 0.1) is 17.0 Å². The van der Waals surface area contributed by atoms with Crippen LogP contribution in [0.2, 0.25) is 0 Å². The van der Waals surface area contributed by atoms with Gasteiger partial charge in [-0.3, -0.25) is 0 Å². The SMILES string of the molecule is COCCSCc1nsc2ccccc12. The lowest BCUT2D eigenvalue weighted by Gasteiger charge is -1.98. The Morgan fingerprint density at radius 3 is 3.13 bits per heavy atom. The Kier molecular flexibility index (Phi) is 4.00. The van der Waals surface area contributed by atoms with E-state index in [1.54, 1.807) is 18.6 Å². The van der Waals surface area contributed by atoms with Gasteiger partial charge in [-0.15, -0.1) is 0 Å². The average molecular weight is 239 g/mol. The van der Waals surface area contributed by atoms with Gasteiger partial charge in [0.1, 0.15) is 0 Å². The summed E-state index contributed by atoms with van der Waals surface area (Å²) >= 11 is 3.45. The predicted octanol–water partition coefficient (Wildman–Crippen LogP) is 3.18. The quantitative estimate of drug-likeness (QED) is 0.748. The van der Waals surface area contributed by atoms with Gasteiger partial charge in [0.2, 0.25) is 0 Å². The van der Waals surface area contributed by atoms with E-state index in [-0.39, 0.29) is 0 Å². The van der Waals surface area contributed by atoms with E-state index in [0.717, 1.165) is 18.1 Å². The van der Waals surface area contributed by atoms with Gasteiger partial charge in [0.15, 0.2) is 0 Å². The first kappa shape index (κ1) is 10.9. The lowest BCUT2D eigenvalue weighted by atomic mass is 10.2. The Labute approximate surface area is 97.8 Å². The van der Waals surface area contributed by atoms with E-state index in [9.17, 15) is 0 Å². The van der Waals surface area contributed by atoms with Crippen molar-refractivity contribution in [2.45, 2.75) is 5.75 Å². The first-order chi connectivity index (χ1) is 7.42. The molecule has 15 heavy (non-hydrogen) atoms.